The van der Waals surface area contributed by atoms with Crippen molar-refractivity contribution in [3.05, 3.63) is 53.2 Å². The van der Waals surface area contributed by atoms with Gasteiger partial charge in [0.2, 0.25) is 0 Å². The summed E-state index contributed by atoms with van der Waals surface area (Å²) in [5.74, 6) is 0.651. The average molecular weight is 218 g/mol. The van der Waals surface area contributed by atoms with E-state index in [1.807, 2.05) is 0 Å². The highest BCUT2D eigenvalue weighted by molar-refractivity contribution is 6.11. The summed E-state index contributed by atoms with van der Waals surface area (Å²) in [7, 11) is 0. The standard InChI is InChI=1S/C17H14/c1-11-5-6-14-8-7-12-3-2-4-13-9-10-15(11)17(14)16(12)13/h2-4,6-11H,5H2,1H3. The summed E-state index contributed by atoms with van der Waals surface area (Å²) < 4.78 is 0. The first-order valence-electron chi connectivity index (χ1n) is 6.29. The van der Waals surface area contributed by atoms with Gasteiger partial charge in [0.15, 0.2) is 0 Å². The van der Waals surface area contributed by atoms with E-state index in [0.717, 1.165) is 0 Å². The molecule has 82 valence electrons. The molecule has 3 aromatic rings. The van der Waals surface area contributed by atoms with Crippen LogP contribution in [0.2, 0.25) is 0 Å². The summed E-state index contributed by atoms with van der Waals surface area (Å²) in [5, 5.41) is 7.09. The Balaban J connectivity index is 2.40. The summed E-state index contributed by atoms with van der Waals surface area (Å²) in [6.07, 6.45) is 3.55. The van der Waals surface area contributed by atoms with Crippen molar-refractivity contribution in [2.45, 2.75) is 19.3 Å². The molecule has 0 fully saturated rings. The van der Waals surface area contributed by atoms with Crippen LogP contribution < -0.4 is 5.22 Å². The predicted octanol–water partition coefficient (Wildman–Crippen LogP) is 4.00. The lowest BCUT2D eigenvalue weighted by molar-refractivity contribution is 0.803. The first-order valence-corrected chi connectivity index (χ1v) is 6.29. The van der Waals surface area contributed by atoms with Crippen molar-refractivity contribution >= 4 is 27.6 Å². The fourth-order valence-corrected chi connectivity index (χ4v) is 3.15. The Morgan fingerprint density at radius 1 is 0.882 bits per heavy atom. The van der Waals surface area contributed by atoms with Crippen molar-refractivity contribution in [3.8, 4) is 0 Å². The van der Waals surface area contributed by atoms with Crippen molar-refractivity contribution in [2.75, 3.05) is 0 Å². The third-order valence-corrected chi connectivity index (χ3v) is 4.06. The van der Waals surface area contributed by atoms with E-state index in [1.54, 1.807) is 0 Å². The molecule has 0 aromatic heterocycles. The van der Waals surface area contributed by atoms with Gasteiger partial charge in [-0.25, -0.2) is 0 Å². The first-order chi connectivity index (χ1) is 8.34. The van der Waals surface area contributed by atoms with Crippen molar-refractivity contribution in [2.24, 2.45) is 0 Å². The topological polar surface area (TPSA) is 0 Å². The molecule has 3 aromatic carbocycles. The Hall–Kier alpha value is -1.82. The van der Waals surface area contributed by atoms with Gasteiger partial charge in [-0.15, -0.1) is 0 Å². The Bertz CT molecular complexity index is 765. The molecule has 0 nitrogen and oxygen atoms in total. The van der Waals surface area contributed by atoms with Gasteiger partial charge in [-0.3, -0.25) is 0 Å². The van der Waals surface area contributed by atoms with Crippen molar-refractivity contribution in [1.82, 2.24) is 0 Å². The zero-order valence-electron chi connectivity index (χ0n) is 9.90. The number of hydrogen-bond acceptors (Lipinski definition) is 0. The van der Waals surface area contributed by atoms with E-state index < -0.39 is 0 Å². The second-order valence-corrected chi connectivity index (χ2v) is 5.10. The molecule has 0 saturated heterocycles. The fourth-order valence-electron chi connectivity index (χ4n) is 3.15. The van der Waals surface area contributed by atoms with Gasteiger partial charge in [0.1, 0.15) is 0 Å². The quantitative estimate of drug-likeness (QED) is 0.535. The lowest BCUT2D eigenvalue weighted by atomic mass is 9.85. The van der Waals surface area contributed by atoms with E-state index in [1.165, 1.54) is 38.7 Å². The number of rotatable bonds is 0. The van der Waals surface area contributed by atoms with Crippen LogP contribution in [0.4, 0.5) is 0 Å². The average Bonchev–Trinajstić information content (AvgIpc) is 2.38. The van der Waals surface area contributed by atoms with E-state index in [0.29, 0.717) is 5.92 Å². The minimum atomic E-state index is 0.651. The van der Waals surface area contributed by atoms with Crippen LogP contribution in [-0.4, -0.2) is 0 Å². The van der Waals surface area contributed by atoms with E-state index in [9.17, 15) is 0 Å². The Morgan fingerprint density at radius 3 is 2.47 bits per heavy atom. The smallest absolute Gasteiger partial charge is 0.00301 e. The summed E-state index contributed by atoms with van der Waals surface area (Å²) in [6, 6.07) is 15.7. The van der Waals surface area contributed by atoms with Crippen molar-refractivity contribution in [3.63, 3.8) is 0 Å². The van der Waals surface area contributed by atoms with Crippen LogP contribution in [0.15, 0.2) is 42.5 Å². The highest BCUT2D eigenvalue weighted by atomic mass is 14.2. The lowest BCUT2D eigenvalue weighted by Gasteiger charge is -2.19. The first kappa shape index (κ1) is 9.23. The maximum absolute atomic E-state index is 2.39. The molecule has 0 heterocycles. The summed E-state index contributed by atoms with van der Waals surface area (Å²) in [4.78, 5) is 0. The van der Waals surface area contributed by atoms with E-state index in [-0.39, 0.29) is 0 Å². The van der Waals surface area contributed by atoms with Gasteiger partial charge >= 0.3 is 0 Å². The van der Waals surface area contributed by atoms with Crippen molar-refractivity contribution < 1.29 is 0 Å². The Labute approximate surface area is 101 Å². The van der Waals surface area contributed by atoms with Crippen LogP contribution in [0, 0.1) is 0 Å². The van der Waals surface area contributed by atoms with Gasteiger partial charge < -0.3 is 0 Å². The normalized spacial score (nSPS) is 18.5. The molecular weight excluding hydrogens is 204 g/mol. The highest BCUT2D eigenvalue weighted by Gasteiger charge is 2.15. The number of benzene rings is 3. The maximum Gasteiger partial charge on any atom is -0.00301 e. The largest absolute Gasteiger partial charge is 0.0760 e. The molecule has 1 atom stereocenters. The van der Waals surface area contributed by atoms with Crippen molar-refractivity contribution in [1.29, 1.82) is 0 Å². The van der Waals surface area contributed by atoms with Gasteiger partial charge in [0.05, 0.1) is 0 Å². The molecule has 1 aliphatic rings. The predicted molar refractivity (Wildman–Crippen MR) is 74.2 cm³/mol. The molecule has 17 heavy (non-hydrogen) atoms. The summed E-state index contributed by atoms with van der Waals surface area (Å²) in [6.45, 7) is 2.33. The summed E-state index contributed by atoms with van der Waals surface area (Å²) in [5.41, 5.74) is 1.52. The SMILES string of the molecule is CC1CC=c2ccc3cccc4ccc1c2c43. The van der Waals surface area contributed by atoms with Crippen LogP contribution in [0.3, 0.4) is 0 Å². The molecule has 0 amide bonds. The molecular formula is C17H14. The van der Waals surface area contributed by atoms with Crippen LogP contribution in [0.25, 0.3) is 27.6 Å². The fraction of sp³-hybridized carbons (Fsp3) is 0.176. The molecule has 1 aliphatic carbocycles. The maximum atomic E-state index is 2.39. The molecule has 0 radical (unpaired) electrons. The van der Waals surface area contributed by atoms with Crippen LogP contribution in [0.1, 0.15) is 24.8 Å². The molecule has 0 spiro atoms. The molecule has 4 rings (SSSR count). The van der Waals surface area contributed by atoms with Crippen LogP contribution >= 0.6 is 0 Å². The minimum Gasteiger partial charge on any atom is -0.0760 e. The van der Waals surface area contributed by atoms with Gasteiger partial charge in [0, 0.05) is 0 Å². The second-order valence-electron chi connectivity index (χ2n) is 5.10. The number of hydrogen-bond donors (Lipinski definition) is 0. The lowest BCUT2D eigenvalue weighted by Crippen LogP contribution is -2.12. The molecule has 0 bridgehead atoms. The van der Waals surface area contributed by atoms with E-state index >= 15 is 0 Å². The third-order valence-electron chi connectivity index (χ3n) is 4.06. The van der Waals surface area contributed by atoms with Gasteiger partial charge in [-0.05, 0) is 44.7 Å². The monoisotopic (exact) mass is 218 g/mol. The Kier molecular flexibility index (Phi) is 1.69. The van der Waals surface area contributed by atoms with E-state index in [2.05, 4.69) is 55.5 Å². The van der Waals surface area contributed by atoms with E-state index in [4.69, 9.17) is 0 Å². The minimum absolute atomic E-state index is 0.651. The molecule has 0 heteroatoms. The molecule has 0 aliphatic heterocycles. The highest BCUT2D eigenvalue weighted by Crippen LogP contribution is 2.33. The zero-order chi connectivity index (χ0) is 11.4. The van der Waals surface area contributed by atoms with Crippen LogP contribution in [0.5, 0.6) is 0 Å². The molecule has 0 saturated carbocycles. The van der Waals surface area contributed by atoms with Gasteiger partial charge in [-0.1, -0.05) is 55.5 Å². The zero-order valence-corrected chi connectivity index (χ0v) is 9.90. The Morgan fingerprint density at radius 2 is 1.65 bits per heavy atom. The summed E-state index contributed by atoms with van der Waals surface area (Å²) >= 11 is 0. The van der Waals surface area contributed by atoms with Gasteiger partial charge in [-0.2, -0.15) is 0 Å². The third kappa shape index (κ3) is 1.13. The second kappa shape index (κ2) is 3.10. The molecule has 0 N–H and O–H groups in total. The molecule has 1 unspecified atom stereocenters. The van der Waals surface area contributed by atoms with Crippen LogP contribution in [-0.2, 0) is 0 Å². The van der Waals surface area contributed by atoms with Gasteiger partial charge in [0.25, 0.3) is 0 Å².